The highest BCUT2D eigenvalue weighted by Crippen LogP contribution is 2.30. The molecule has 0 atom stereocenters. The summed E-state index contributed by atoms with van der Waals surface area (Å²) in [6.07, 6.45) is 1.61. The molecule has 0 spiro atoms. The number of halogens is 1. The molecule has 2 aromatic rings. The first kappa shape index (κ1) is 20.0. The number of hydrogen-bond donors (Lipinski definition) is 1. The average Bonchev–Trinajstić information content (AvgIpc) is 3.16. The van der Waals surface area contributed by atoms with Crippen LogP contribution < -0.4 is 4.74 Å². The summed E-state index contributed by atoms with van der Waals surface area (Å²) < 4.78 is 19.3. The number of ether oxygens (including phenoxy) is 1. The van der Waals surface area contributed by atoms with Gasteiger partial charge in [-0.3, -0.25) is 10.2 Å². The van der Waals surface area contributed by atoms with Crippen LogP contribution in [0.15, 0.2) is 64.2 Å². The van der Waals surface area contributed by atoms with Crippen molar-refractivity contribution in [2.45, 2.75) is 20.5 Å². The highest BCUT2D eigenvalue weighted by molar-refractivity contribution is 8.27. The van der Waals surface area contributed by atoms with Gasteiger partial charge in [-0.2, -0.15) is 15.1 Å². The van der Waals surface area contributed by atoms with Gasteiger partial charge in [0.05, 0.1) is 5.57 Å². The summed E-state index contributed by atoms with van der Waals surface area (Å²) in [5.41, 5.74) is 1.37. The zero-order valence-corrected chi connectivity index (χ0v) is 17.2. The molecule has 0 aliphatic carbocycles. The molecular weight excluding hydrogens is 403 g/mol. The van der Waals surface area contributed by atoms with Crippen molar-refractivity contribution < 1.29 is 13.9 Å². The number of fused-ring (bicyclic) bond motifs is 1. The summed E-state index contributed by atoms with van der Waals surface area (Å²) in [6.45, 7) is 4.13. The molecular formula is C22H19FN4O2S. The van der Waals surface area contributed by atoms with E-state index in [1.54, 1.807) is 48.5 Å². The minimum atomic E-state index is -0.459. The van der Waals surface area contributed by atoms with Crippen molar-refractivity contribution in [2.24, 2.45) is 16.0 Å². The number of carbonyl (C=O) groups is 1. The fourth-order valence-electron chi connectivity index (χ4n) is 2.84. The summed E-state index contributed by atoms with van der Waals surface area (Å²) in [5, 5.41) is 15.4. The summed E-state index contributed by atoms with van der Waals surface area (Å²) in [6, 6.07) is 13.5. The minimum Gasteiger partial charge on any atom is -0.489 e. The normalized spacial score (nSPS) is 17.3. The lowest BCUT2D eigenvalue weighted by atomic mass is 10.1. The predicted molar refractivity (Wildman–Crippen MR) is 117 cm³/mol. The third-order valence-electron chi connectivity index (χ3n) is 4.51. The second kappa shape index (κ2) is 8.23. The number of benzene rings is 2. The van der Waals surface area contributed by atoms with E-state index in [0.717, 1.165) is 10.6 Å². The van der Waals surface area contributed by atoms with Crippen molar-refractivity contribution in [3.8, 4) is 5.75 Å². The van der Waals surface area contributed by atoms with Gasteiger partial charge < -0.3 is 4.74 Å². The van der Waals surface area contributed by atoms with Crippen LogP contribution in [-0.4, -0.2) is 27.0 Å². The molecule has 2 aliphatic rings. The van der Waals surface area contributed by atoms with Gasteiger partial charge in [-0.25, -0.2) is 4.39 Å². The van der Waals surface area contributed by atoms with Crippen molar-refractivity contribution in [3.63, 3.8) is 0 Å². The number of thioether (sulfide) groups is 1. The lowest BCUT2D eigenvalue weighted by molar-refractivity contribution is -0.114. The van der Waals surface area contributed by atoms with Gasteiger partial charge in [0.1, 0.15) is 23.2 Å². The Morgan fingerprint density at radius 1 is 1.20 bits per heavy atom. The molecule has 2 aromatic carbocycles. The fourth-order valence-corrected chi connectivity index (χ4v) is 3.74. The molecule has 8 heteroatoms. The second-order valence-corrected chi connectivity index (χ2v) is 8.05. The number of amides is 1. The topological polar surface area (TPSA) is 78.1 Å². The lowest BCUT2D eigenvalue weighted by Crippen LogP contribution is -2.35. The van der Waals surface area contributed by atoms with Crippen LogP contribution in [-0.2, 0) is 11.4 Å². The molecule has 152 valence electrons. The van der Waals surface area contributed by atoms with Crippen LogP contribution in [0.2, 0.25) is 0 Å². The van der Waals surface area contributed by atoms with Gasteiger partial charge in [0.25, 0.3) is 5.91 Å². The van der Waals surface area contributed by atoms with Gasteiger partial charge in [-0.1, -0.05) is 44.2 Å². The molecule has 30 heavy (non-hydrogen) atoms. The Labute approximate surface area is 177 Å². The predicted octanol–water partition coefficient (Wildman–Crippen LogP) is 4.68. The van der Waals surface area contributed by atoms with Crippen LogP contribution in [0.1, 0.15) is 25.0 Å². The number of amidine groups is 2. The Hall–Kier alpha value is -3.26. The smallest absolute Gasteiger partial charge is 0.283 e. The molecule has 0 saturated heterocycles. The van der Waals surface area contributed by atoms with E-state index >= 15 is 0 Å². The van der Waals surface area contributed by atoms with Gasteiger partial charge >= 0.3 is 0 Å². The van der Waals surface area contributed by atoms with E-state index in [0.29, 0.717) is 16.5 Å². The maximum atomic E-state index is 13.7. The number of carbonyl (C=O) groups excluding carboxylic acids is 1. The van der Waals surface area contributed by atoms with Crippen molar-refractivity contribution in [1.29, 1.82) is 5.41 Å². The van der Waals surface area contributed by atoms with E-state index < -0.39 is 5.91 Å². The van der Waals surface area contributed by atoms with Crippen LogP contribution in [0.4, 0.5) is 4.39 Å². The summed E-state index contributed by atoms with van der Waals surface area (Å²) in [7, 11) is 0. The Bertz CT molecular complexity index is 1110. The average molecular weight is 422 g/mol. The number of hydrazone groups is 1. The Morgan fingerprint density at radius 2 is 1.93 bits per heavy atom. The van der Waals surface area contributed by atoms with E-state index in [1.165, 1.54) is 22.8 Å². The third kappa shape index (κ3) is 4.04. The van der Waals surface area contributed by atoms with E-state index in [-0.39, 0.29) is 29.8 Å². The van der Waals surface area contributed by atoms with Gasteiger partial charge in [-0.05, 0) is 41.6 Å². The first-order chi connectivity index (χ1) is 14.4. The number of nitrogens with zero attached hydrogens (tertiary/aromatic N) is 3. The van der Waals surface area contributed by atoms with Gasteiger partial charge in [0.15, 0.2) is 5.84 Å². The monoisotopic (exact) mass is 422 g/mol. The SMILES string of the molecule is CC(C)C1=NN2C(=N)C(=Cc3ccc(OCc4ccccc4F)cc3)C(=O)N=C2S1. The van der Waals surface area contributed by atoms with Crippen molar-refractivity contribution in [3.05, 3.63) is 71.0 Å². The molecule has 1 amide bonds. The zero-order chi connectivity index (χ0) is 21.3. The van der Waals surface area contributed by atoms with E-state index in [4.69, 9.17) is 10.1 Å². The lowest BCUT2D eigenvalue weighted by Gasteiger charge is -2.20. The number of aliphatic imine (C=N–C) groups is 1. The van der Waals surface area contributed by atoms with Crippen molar-refractivity contribution >= 4 is 39.8 Å². The molecule has 1 N–H and O–H groups in total. The molecule has 0 bridgehead atoms. The quantitative estimate of drug-likeness (QED) is 0.710. The van der Waals surface area contributed by atoms with Crippen molar-refractivity contribution in [1.82, 2.24) is 5.01 Å². The minimum absolute atomic E-state index is 0.00743. The maximum Gasteiger partial charge on any atom is 0.283 e. The molecule has 0 aromatic heterocycles. The second-order valence-electron chi connectivity index (χ2n) is 7.06. The van der Waals surface area contributed by atoms with Crippen LogP contribution in [0.25, 0.3) is 6.08 Å². The van der Waals surface area contributed by atoms with E-state index in [2.05, 4.69) is 10.1 Å². The van der Waals surface area contributed by atoms with Gasteiger partial charge in [0, 0.05) is 11.5 Å². The highest BCUT2D eigenvalue weighted by atomic mass is 32.2. The molecule has 0 radical (unpaired) electrons. The first-order valence-electron chi connectivity index (χ1n) is 9.39. The third-order valence-corrected chi connectivity index (χ3v) is 5.72. The summed E-state index contributed by atoms with van der Waals surface area (Å²) in [4.78, 5) is 16.5. The molecule has 0 unspecified atom stereocenters. The number of hydrogen-bond acceptors (Lipinski definition) is 5. The van der Waals surface area contributed by atoms with Crippen LogP contribution >= 0.6 is 11.8 Å². The molecule has 4 rings (SSSR count). The zero-order valence-electron chi connectivity index (χ0n) is 16.4. The number of rotatable bonds is 5. The maximum absolute atomic E-state index is 13.7. The summed E-state index contributed by atoms with van der Waals surface area (Å²) >= 11 is 1.32. The molecule has 2 aliphatic heterocycles. The van der Waals surface area contributed by atoms with Crippen LogP contribution in [0, 0.1) is 17.1 Å². The van der Waals surface area contributed by atoms with Crippen molar-refractivity contribution in [2.75, 3.05) is 0 Å². The Kier molecular flexibility index (Phi) is 5.50. The molecule has 0 saturated carbocycles. The Morgan fingerprint density at radius 3 is 2.63 bits per heavy atom. The van der Waals surface area contributed by atoms with E-state index in [9.17, 15) is 9.18 Å². The van der Waals surface area contributed by atoms with Gasteiger partial charge in [-0.15, -0.1) is 0 Å². The standard InChI is InChI=1S/C22H19FN4O2S/c1-13(2)21-26-27-19(24)17(20(28)25-22(27)30-21)11-14-7-9-16(10-8-14)29-12-15-5-3-4-6-18(15)23/h3-11,13,24H,12H2,1-2H3. The van der Waals surface area contributed by atoms with Gasteiger partial charge in [0.2, 0.25) is 5.17 Å². The Balaban J connectivity index is 1.49. The largest absolute Gasteiger partial charge is 0.489 e. The molecule has 0 fully saturated rings. The van der Waals surface area contributed by atoms with E-state index in [1.807, 2.05) is 13.8 Å². The van der Waals surface area contributed by atoms with Crippen LogP contribution in [0.3, 0.4) is 0 Å². The summed E-state index contributed by atoms with van der Waals surface area (Å²) in [5.74, 6) is 0.00624. The number of nitrogens with one attached hydrogen (secondary N) is 1. The first-order valence-corrected chi connectivity index (χ1v) is 10.2. The molecule has 2 heterocycles. The van der Waals surface area contributed by atoms with Crippen LogP contribution in [0.5, 0.6) is 5.75 Å². The molecule has 6 nitrogen and oxygen atoms in total. The highest BCUT2D eigenvalue weighted by Gasteiger charge is 2.36. The fraction of sp³-hybridized carbons (Fsp3) is 0.182.